The van der Waals surface area contributed by atoms with Gasteiger partial charge in [-0.15, -0.1) is 0 Å². The summed E-state index contributed by atoms with van der Waals surface area (Å²) in [5.74, 6) is -1.09. The first-order chi connectivity index (χ1) is 16.0. The fourth-order valence-electron chi connectivity index (χ4n) is 4.72. The second-order valence-electron chi connectivity index (χ2n) is 9.74. The van der Waals surface area contributed by atoms with Crippen molar-refractivity contribution in [3.05, 3.63) is 23.8 Å². The average Bonchev–Trinajstić information content (AvgIpc) is 2.80. The van der Waals surface area contributed by atoms with Crippen molar-refractivity contribution < 1.29 is 23.1 Å². The van der Waals surface area contributed by atoms with Crippen molar-refractivity contribution in [1.29, 1.82) is 0 Å². The number of para-hydroxylation sites is 1. The Hall–Kier alpha value is -2.21. The molecule has 2 aliphatic rings. The smallest absolute Gasteiger partial charge is 0.326 e. The number of piperidine rings is 1. The molecule has 7 N–H and O–H groups in total. The van der Waals surface area contributed by atoms with E-state index in [2.05, 4.69) is 17.0 Å². The van der Waals surface area contributed by atoms with Gasteiger partial charge in [0.05, 0.1) is 5.69 Å². The van der Waals surface area contributed by atoms with Gasteiger partial charge in [-0.25, -0.2) is 13.2 Å². The predicted octanol–water partition coefficient (Wildman–Crippen LogP) is 0.716. The summed E-state index contributed by atoms with van der Waals surface area (Å²) < 4.78 is 29.5. The van der Waals surface area contributed by atoms with Gasteiger partial charge in [0, 0.05) is 25.7 Å². The Balaban J connectivity index is 1.89. The number of amides is 1. The van der Waals surface area contributed by atoms with Gasteiger partial charge in [0.15, 0.2) is 0 Å². The lowest BCUT2D eigenvalue weighted by Crippen LogP contribution is -2.56. The molecule has 1 saturated heterocycles. The van der Waals surface area contributed by atoms with Crippen LogP contribution in [-0.4, -0.2) is 68.1 Å². The van der Waals surface area contributed by atoms with Crippen molar-refractivity contribution in [2.45, 2.75) is 69.0 Å². The Labute approximate surface area is 201 Å². The van der Waals surface area contributed by atoms with Gasteiger partial charge in [-0.05, 0) is 55.6 Å². The summed E-state index contributed by atoms with van der Waals surface area (Å²) in [6, 6.07) is 2.58. The topological polar surface area (TPSA) is 168 Å². The van der Waals surface area contributed by atoms with Crippen molar-refractivity contribution in [1.82, 2.24) is 9.62 Å². The molecule has 0 bridgehead atoms. The molecule has 0 aliphatic carbocycles. The van der Waals surface area contributed by atoms with E-state index in [9.17, 15) is 23.1 Å². The highest BCUT2D eigenvalue weighted by atomic mass is 32.2. The van der Waals surface area contributed by atoms with Crippen LogP contribution in [0.15, 0.2) is 23.1 Å². The van der Waals surface area contributed by atoms with Gasteiger partial charge in [-0.1, -0.05) is 26.0 Å². The zero-order chi connectivity index (χ0) is 25.0. The molecule has 0 saturated carbocycles. The van der Waals surface area contributed by atoms with Crippen LogP contribution in [0.3, 0.4) is 0 Å². The van der Waals surface area contributed by atoms with Gasteiger partial charge < -0.3 is 26.8 Å². The number of fused-ring (bicyclic) bond motifs is 1. The third-order valence-electron chi connectivity index (χ3n) is 6.75. The van der Waals surface area contributed by atoms with E-state index in [1.54, 1.807) is 6.07 Å². The number of carboxylic acid groups (broad SMARTS) is 1. The summed E-state index contributed by atoms with van der Waals surface area (Å²) in [7, 11) is -4.08. The number of nitrogens with zero attached hydrogens (tertiary/aromatic N) is 1. The minimum Gasteiger partial charge on any atom is -0.480 e. The molecule has 3 rings (SSSR count). The fourth-order valence-corrected chi connectivity index (χ4v) is 6.17. The van der Waals surface area contributed by atoms with Gasteiger partial charge in [0.1, 0.15) is 17.0 Å². The zero-order valence-electron chi connectivity index (χ0n) is 19.9. The SMILES string of the molecule is CC1CNc2c(cccc2S(=O)(=O)N[C@@H](CCC(N)CN)C(=O)N2CC[C@@H](C)C[C@@H]2C(=O)O)C1. The maximum absolute atomic E-state index is 13.5. The molecule has 0 radical (unpaired) electrons. The van der Waals surface area contributed by atoms with Gasteiger partial charge >= 0.3 is 5.97 Å². The number of benzene rings is 1. The first-order valence-electron chi connectivity index (χ1n) is 11.9. The molecule has 1 amide bonds. The third kappa shape index (κ3) is 6.07. The summed E-state index contributed by atoms with van der Waals surface area (Å²) in [6.07, 6.45) is 2.18. The number of nitrogens with one attached hydrogen (secondary N) is 2. The standard InChI is InChI=1S/C23H37N5O5S/c1-14-8-9-28(19(11-14)23(30)31)22(29)18(7-6-17(25)12-24)27-34(32,33)20-5-3-4-16-10-15(2)13-26-21(16)20/h3-5,14-15,17-19,26-27H,6-13,24-25H2,1-2H3,(H,30,31)/t14-,15?,17?,18+,19-/m1/s1. The van der Waals surface area contributed by atoms with Crippen molar-refractivity contribution in [3.8, 4) is 0 Å². The molecule has 1 aromatic rings. The summed E-state index contributed by atoms with van der Waals surface area (Å²) in [5.41, 5.74) is 13.0. The molecule has 190 valence electrons. The number of hydrogen-bond donors (Lipinski definition) is 5. The quantitative estimate of drug-likeness (QED) is 0.334. The Morgan fingerprint density at radius 1 is 1.26 bits per heavy atom. The number of anilines is 1. The summed E-state index contributed by atoms with van der Waals surface area (Å²) in [4.78, 5) is 26.8. The van der Waals surface area contributed by atoms with Crippen LogP contribution in [0.1, 0.15) is 45.1 Å². The van der Waals surface area contributed by atoms with Crippen LogP contribution in [0.25, 0.3) is 0 Å². The van der Waals surface area contributed by atoms with Crippen LogP contribution in [-0.2, 0) is 26.0 Å². The molecule has 1 aromatic carbocycles. The molecule has 2 heterocycles. The second kappa shape index (κ2) is 11.0. The number of carbonyl (C=O) groups is 2. The zero-order valence-corrected chi connectivity index (χ0v) is 20.7. The van der Waals surface area contributed by atoms with Gasteiger partial charge in [0.2, 0.25) is 15.9 Å². The van der Waals surface area contributed by atoms with E-state index in [4.69, 9.17) is 11.5 Å². The van der Waals surface area contributed by atoms with Crippen LogP contribution >= 0.6 is 0 Å². The van der Waals surface area contributed by atoms with Crippen LogP contribution in [0.5, 0.6) is 0 Å². The van der Waals surface area contributed by atoms with E-state index >= 15 is 0 Å². The minimum atomic E-state index is -4.08. The number of carboxylic acids is 1. The largest absolute Gasteiger partial charge is 0.480 e. The molecule has 11 heteroatoms. The summed E-state index contributed by atoms with van der Waals surface area (Å²) >= 11 is 0. The van der Waals surface area contributed by atoms with E-state index < -0.39 is 40.0 Å². The second-order valence-corrected chi connectivity index (χ2v) is 11.4. The Morgan fingerprint density at radius 2 is 2.00 bits per heavy atom. The number of carbonyl (C=O) groups excluding carboxylic acids is 1. The average molecular weight is 496 g/mol. The first-order valence-corrected chi connectivity index (χ1v) is 13.4. The van der Waals surface area contributed by atoms with Gasteiger partial charge in [0.25, 0.3) is 0 Å². The molecular weight excluding hydrogens is 458 g/mol. The molecule has 34 heavy (non-hydrogen) atoms. The highest BCUT2D eigenvalue weighted by Gasteiger charge is 2.39. The molecule has 5 atom stereocenters. The molecule has 1 fully saturated rings. The lowest BCUT2D eigenvalue weighted by molar-refractivity contribution is -0.153. The lowest BCUT2D eigenvalue weighted by atomic mass is 9.91. The molecule has 0 aromatic heterocycles. The summed E-state index contributed by atoms with van der Waals surface area (Å²) in [6.45, 7) is 5.15. The lowest BCUT2D eigenvalue weighted by Gasteiger charge is -2.38. The van der Waals surface area contributed by atoms with Crippen LogP contribution in [0.2, 0.25) is 0 Å². The Kier molecular flexibility index (Phi) is 8.56. The van der Waals surface area contributed by atoms with E-state index in [1.165, 1.54) is 11.0 Å². The van der Waals surface area contributed by atoms with Crippen LogP contribution in [0, 0.1) is 11.8 Å². The predicted molar refractivity (Wildman–Crippen MR) is 130 cm³/mol. The van der Waals surface area contributed by atoms with Crippen molar-refractivity contribution in [2.75, 3.05) is 25.0 Å². The normalized spacial score (nSPS) is 24.6. The number of rotatable bonds is 9. The van der Waals surface area contributed by atoms with E-state index in [0.29, 0.717) is 37.4 Å². The number of likely N-dealkylation sites (tertiary alicyclic amines) is 1. The number of aliphatic carboxylic acids is 1. The van der Waals surface area contributed by atoms with Crippen LogP contribution < -0.4 is 21.5 Å². The third-order valence-corrected chi connectivity index (χ3v) is 8.27. The highest BCUT2D eigenvalue weighted by molar-refractivity contribution is 7.89. The first kappa shape index (κ1) is 26.4. The molecule has 2 unspecified atom stereocenters. The number of nitrogens with two attached hydrogens (primary N) is 2. The maximum atomic E-state index is 13.5. The summed E-state index contributed by atoms with van der Waals surface area (Å²) in [5, 5.41) is 12.9. The number of sulfonamides is 1. The van der Waals surface area contributed by atoms with Crippen LogP contribution in [0.4, 0.5) is 5.69 Å². The molecule has 0 spiro atoms. The van der Waals surface area contributed by atoms with E-state index in [1.807, 2.05) is 13.0 Å². The van der Waals surface area contributed by atoms with Gasteiger partial charge in [-0.2, -0.15) is 4.72 Å². The van der Waals surface area contributed by atoms with E-state index in [0.717, 1.165) is 12.0 Å². The Morgan fingerprint density at radius 3 is 2.68 bits per heavy atom. The van der Waals surface area contributed by atoms with Gasteiger partial charge in [-0.3, -0.25) is 4.79 Å². The van der Waals surface area contributed by atoms with Crippen molar-refractivity contribution in [2.24, 2.45) is 23.3 Å². The Bertz CT molecular complexity index is 1000. The number of hydrogen-bond acceptors (Lipinski definition) is 7. The maximum Gasteiger partial charge on any atom is 0.326 e. The monoisotopic (exact) mass is 495 g/mol. The molecule has 10 nitrogen and oxygen atoms in total. The molecular formula is C23H37N5O5S. The molecule has 2 aliphatic heterocycles. The minimum absolute atomic E-state index is 0.0832. The van der Waals surface area contributed by atoms with Crippen molar-refractivity contribution >= 4 is 27.6 Å². The highest BCUT2D eigenvalue weighted by Crippen LogP contribution is 2.32. The fraction of sp³-hybridized carbons (Fsp3) is 0.652. The van der Waals surface area contributed by atoms with E-state index in [-0.39, 0.29) is 30.3 Å². The van der Waals surface area contributed by atoms with Crippen molar-refractivity contribution in [3.63, 3.8) is 0 Å².